The number of methoxy groups -OCH3 is 2. The summed E-state index contributed by atoms with van der Waals surface area (Å²) >= 11 is 0. The zero-order valence-corrected chi connectivity index (χ0v) is 24.3. The molecular formula is C31H37N5O5. The van der Waals surface area contributed by atoms with Crippen LogP contribution in [-0.4, -0.2) is 69.0 Å². The van der Waals surface area contributed by atoms with Gasteiger partial charge in [-0.05, 0) is 82.2 Å². The molecule has 0 N–H and O–H groups in total. The highest BCUT2D eigenvalue weighted by Crippen LogP contribution is 2.39. The maximum absolute atomic E-state index is 12.8. The van der Waals surface area contributed by atoms with Crippen molar-refractivity contribution < 1.29 is 23.8 Å². The largest absolute Gasteiger partial charge is 0.494 e. The zero-order chi connectivity index (χ0) is 28.9. The molecule has 1 amide bonds. The summed E-state index contributed by atoms with van der Waals surface area (Å²) in [7, 11) is 2.96. The summed E-state index contributed by atoms with van der Waals surface area (Å²) in [4.78, 5) is 36.9. The molecule has 2 aliphatic rings. The van der Waals surface area contributed by atoms with Crippen LogP contribution in [-0.2, 0) is 22.6 Å². The summed E-state index contributed by atoms with van der Waals surface area (Å²) in [6.45, 7) is 8.36. The SMILES string of the molecule is COC(=O)c1cc(OC)c2c(c1)nc(-c1cc3cccnc3n1CC1CC1)n2C[C@H]1CCN(C(=O)OC(C)(C)C)C1. The fourth-order valence-corrected chi connectivity index (χ4v) is 5.74. The van der Waals surface area contributed by atoms with Crippen LogP contribution >= 0.6 is 0 Å². The predicted octanol–water partition coefficient (Wildman–Crippen LogP) is 5.52. The van der Waals surface area contributed by atoms with Crippen LogP contribution in [0.2, 0.25) is 0 Å². The summed E-state index contributed by atoms with van der Waals surface area (Å²) in [6.07, 6.45) is 4.80. The second-order valence-electron chi connectivity index (χ2n) is 12.2. The number of hydrogen-bond acceptors (Lipinski definition) is 7. The first-order valence-electron chi connectivity index (χ1n) is 14.2. The molecule has 1 aromatic carbocycles. The van der Waals surface area contributed by atoms with Gasteiger partial charge in [0.15, 0.2) is 5.82 Å². The Balaban J connectivity index is 1.46. The van der Waals surface area contributed by atoms with Gasteiger partial charge in [-0.15, -0.1) is 0 Å². The first kappa shape index (κ1) is 27.1. The molecule has 1 aliphatic heterocycles. The summed E-state index contributed by atoms with van der Waals surface area (Å²) < 4.78 is 20.9. The van der Waals surface area contributed by atoms with Crippen molar-refractivity contribution in [3.05, 3.63) is 42.1 Å². The number of carbonyl (C=O) groups excluding carboxylic acids is 2. The van der Waals surface area contributed by atoms with Crippen LogP contribution in [0.1, 0.15) is 50.4 Å². The molecule has 0 bridgehead atoms. The molecule has 1 saturated heterocycles. The third kappa shape index (κ3) is 5.35. The van der Waals surface area contributed by atoms with Gasteiger partial charge in [0, 0.05) is 37.8 Å². The van der Waals surface area contributed by atoms with E-state index in [2.05, 4.69) is 21.3 Å². The predicted molar refractivity (Wildman–Crippen MR) is 155 cm³/mol. The van der Waals surface area contributed by atoms with E-state index >= 15 is 0 Å². The van der Waals surface area contributed by atoms with E-state index in [0.29, 0.717) is 42.4 Å². The molecule has 4 aromatic rings. The number of benzene rings is 1. The third-order valence-corrected chi connectivity index (χ3v) is 7.85. The topological polar surface area (TPSA) is 101 Å². The molecule has 3 aromatic heterocycles. The van der Waals surface area contributed by atoms with E-state index in [1.165, 1.54) is 20.0 Å². The number of carbonyl (C=O) groups is 2. The van der Waals surface area contributed by atoms with Crippen molar-refractivity contribution in [3.8, 4) is 17.3 Å². The lowest BCUT2D eigenvalue weighted by atomic mass is 10.1. The molecule has 0 spiro atoms. The molecule has 0 unspecified atom stereocenters. The lowest BCUT2D eigenvalue weighted by Crippen LogP contribution is -2.35. The van der Waals surface area contributed by atoms with Crippen molar-refractivity contribution in [2.45, 2.75) is 58.7 Å². The van der Waals surface area contributed by atoms with Gasteiger partial charge < -0.3 is 28.2 Å². The minimum Gasteiger partial charge on any atom is -0.494 e. The number of hydrogen-bond donors (Lipinski definition) is 0. The number of fused-ring (bicyclic) bond motifs is 2. The second-order valence-corrected chi connectivity index (χ2v) is 12.2. The first-order valence-corrected chi connectivity index (χ1v) is 14.2. The van der Waals surface area contributed by atoms with Crippen molar-refractivity contribution in [3.63, 3.8) is 0 Å². The van der Waals surface area contributed by atoms with Gasteiger partial charge in [-0.25, -0.2) is 19.6 Å². The maximum atomic E-state index is 12.8. The van der Waals surface area contributed by atoms with Crippen LogP contribution in [0.25, 0.3) is 33.6 Å². The number of aromatic nitrogens is 4. The average Bonchev–Trinajstić information content (AvgIpc) is 3.35. The Morgan fingerprint density at radius 3 is 2.51 bits per heavy atom. The quantitative estimate of drug-likeness (QED) is 0.275. The highest BCUT2D eigenvalue weighted by Gasteiger charge is 2.32. The Morgan fingerprint density at radius 2 is 1.80 bits per heavy atom. The second kappa shape index (κ2) is 10.4. The standard InChI is InChI=1S/C31H37N5O5/c1-31(2,3)41-30(38)34-12-10-20(16-34)18-36-26-23(13-22(29(37)40-5)15-25(26)39-4)33-28(36)24-14-21-7-6-11-32-27(21)35(24)17-19-8-9-19/h6-7,11,13-15,19-20H,8-10,12,16-18H2,1-5H3/t20-/m0/s1. The highest BCUT2D eigenvalue weighted by molar-refractivity contribution is 5.97. The van der Waals surface area contributed by atoms with Gasteiger partial charge in [0.1, 0.15) is 22.5 Å². The molecule has 216 valence electrons. The van der Waals surface area contributed by atoms with E-state index in [0.717, 1.165) is 41.0 Å². The van der Waals surface area contributed by atoms with Crippen LogP contribution < -0.4 is 4.74 Å². The van der Waals surface area contributed by atoms with Crippen LogP contribution in [0.15, 0.2) is 36.5 Å². The molecule has 10 heteroatoms. The van der Waals surface area contributed by atoms with Crippen LogP contribution in [0.5, 0.6) is 5.75 Å². The van der Waals surface area contributed by atoms with Gasteiger partial charge in [0.2, 0.25) is 0 Å². The lowest BCUT2D eigenvalue weighted by Gasteiger charge is -2.24. The molecule has 1 saturated carbocycles. The third-order valence-electron chi connectivity index (χ3n) is 7.85. The van der Waals surface area contributed by atoms with Gasteiger partial charge in [-0.2, -0.15) is 0 Å². The Morgan fingerprint density at radius 1 is 1.02 bits per heavy atom. The Kier molecular flexibility index (Phi) is 6.87. The van der Waals surface area contributed by atoms with Gasteiger partial charge in [0.05, 0.1) is 31.0 Å². The van der Waals surface area contributed by atoms with Crippen molar-refractivity contribution in [2.75, 3.05) is 27.3 Å². The van der Waals surface area contributed by atoms with E-state index < -0.39 is 11.6 Å². The van der Waals surface area contributed by atoms with E-state index in [9.17, 15) is 9.59 Å². The minimum atomic E-state index is -0.545. The molecule has 0 radical (unpaired) electrons. The molecule has 1 aliphatic carbocycles. The number of rotatable bonds is 7. The summed E-state index contributed by atoms with van der Waals surface area (Å²) in [5.74, 6) is 1.70. The number of esters is 1. The smallest absolute Gasteiger partial charge is 0.410 e. The maximum Gasteiger partial charge on any atom is 0.410 e. The number of ether oxygens (including phenoxy) is 3. The number of nitrogens with zero attached hydrogens (tertiary/aromatic N) is 5. The van der Waals surface area contributed by atoms with E-state index in [1.54, 1.807) is 24.1 Å². The van der Waals surface area contributed by atoms with Gasteiger partial charge >= 0.3 is 12.1 Å². The summed E-state index contributed by atoms with van der Waals surface area (Å²) in [5, 5.41) is 1.06. The van der Waals surface area contributed by atoms with Gasteiger partial charge in [-0.1, -0.05) is 0 Å². The number of amides is 1. The average molecular weight is 560 g/mol. The van der Waals surface area contributed by atoms with Crippen molar-refractivity contribution in [2.24, 2.45) is 11.8 Å². The molecule has 1 atom stereocenters. The van der Waals surface area contributed by atoms with Crippen molar-refractivity contribution in [1.29, 1.82) is 0 Å². The van der Waals surface area contributed by atoms with E-state index in [1.807, 2.05) is 33.0 Å². The number of pyridine rings is 1. The van der Waals surface area contributed by atoms with Crippen LogP contribution in [0.4, 0.5) is 4.79 Å². The van der Waals surface area contributed by atoms with Crippen molar-refractivity contribution in [1.82, 2.24) is 24.0 Å². The zero-order valence-electron chi connectivity index (χ0n) is 24.3. The van der Waals surface area contributed by atoms with E-state index in [4.69, 9.17) is 24.2 Å². The monoisotopic (exact) mass is 559 g/mol. The van der Waals surface area contributed by atoms with Crippen LogP contribution in [0.3, 0.4) is 0 Å². The Hall–Kier alpha value is -4.08. The van der Waals surface area contributed by atoms with E-state index in [-0.39, 0.29) is 12.0 Å². The molecule has 4 heterocycles. The molecular weight excluding hydrogens is 522 g/mol. The first-order chi connectivity index (χ1) is 19.6. The number of likely N-dealkylation sites (tertiary alicyclic amines) is 1. The lowest BCUT2D eigenvalue weighted by molar-refractivity contribution is 0.0287. The van der Waals surface area contributed by atoms with Crippen molar-refractivity contribution >= 4 is 34.1 Å². The number of imidazole rings is 1. The van der Waals surface area contributed by atoms with Gasteiger partial charge in [-0.3, -0.25) is 0 Å². The minimum absolute atomic E-state index is 0.183. The fourth-order valence-electron chi connectivity index (χ4n) is 5.74. The molecule has 2 fully saturated rings. The fraction of sp³-hybridized carbons (Fsp3) is 0.484. The Labute approximate surface area is 239 Å². The highest BCUT2D eigenvalue weighted by atomic mass is 16.6. The van der Waals surface area contributed by atoms with Gasteiger partial charge in [0.25, 0.3) is 0 Å². The molecule has 10 nitrogen and oxygen atoms in total. The normalized spacial score (nSPS) is 17.4. The molecule has 6 rings (SSSR count). The molecule has 41 heavy (non-hydrogen) atoms. The summed E-state index contributed by atoms with van der Waals surface area (Å²) in [5.41, 5.74) is 3.21. The van der Waals surface area contributed by atoms with Crippen LogP contribution in [0, 0.1) is 11.8 Å². The summed E-state index contributed by atoms with van der Waals surface area (Å²) in [6, 6.07) is 9.65. The Bertz CT molecular complexity index is 1630.